The molecule has 0 radical (unpaired) electrons. The molecule has 6 heteroatoms. The van der Waals surface area contributed by atoms with E-state index in [2.05, 4.69) is 10.5 Å². The number of nitrogens with zero attached hydrogens (tertiary/aromatic N) is 1. The van der Waals surface area contributed by atoms with Gasteiger partial charge in [-0.1, -0.05) is 47.5 Å². The van der Waals surface area contributed by atoms with Crippen LogP contribution in [0.25, 0.3) is 0 Å². The normalized spacial score (nSPS) is 10.7. The number of hydrogen-bond acceptors (Lipinski definition) is 3. The number of carbonyl (C=O) groups excluding carboxylic acids is 1. The Balaban J connectivity index is 1.84. The van der Waals surface area contributed by atoms with Crippen molar-refractivity contribution in [3.63, 3.8) is 0 Å². The Morgan fingerprint density at radius 1 is 1.27 bits per heavy atom. The summed E-state index contributed by atoms with van der Waals surface area (Å²) in [5.74, 6) is 0.0138. The van der Waals surface area contributed by atoms with Gasteiger partial charge in [0.25, 0.3) is 5.91 Å². The van der Waals surface area contributed by atoms with Crippen LogP contribution in [-0.4, -0.2) is 18.7 Å². The number of carbonyl (C=O) groups is 1. The number of nitrogens with one attached hydrogen (secondary N) is 1. The van der Waals surface area contributed by atoms with E-state index in [1.165, 1.54) is 0 Å². The van der Waals surface area contributed by atoms with Gasteiger partial charge >= 0.3 is 0 Å². The van der Waals surface area contributed by atoms with Crippen LogP contribution in [0.5, 0.6) is 5.75 Å². The lowest BCUT2D eigenvalue weighted by molar-refractivity contribution is -0.123. The van der Waals surface area contributed by atoms with Crippen molar-refractivity contribution >= 4 is 35.3 Å². The molecule has 0 spiro atoms. The van der Waals surface area contributed by atoms with Gasteiger partial charge < -0.3 is 4.74 Å². The fourth-order valence-corrected chi connectivity index (χ4v) is 2.14. The molecule has 2 rings (SSSR count). The number of hydrazone groups is 1. The highest BCUT2D eigenvalue weighted by Crippen LogP contribution is 2.27. The Morgan fingerprint density at radius 2 is 2.05 bits per heavy atom. The molecule has 114 valence electrons. The summed E-state index contributed by atoms with van der Waals surface area (Å²) in [6.07, 6.45) is 1.59. The highest BCUT2D eigenvalue weighted by Gasteiger charge is 2.05. The molecule has 0 aliphatic heterocycles. The van der Waals surface area contributed by atoms with E-state index in [0.29, 0.717) is 15.8 Å². The summed E-state index contributed by atoms with van der Waals surface area (Å²) in [7, 11) is 0. The average molecular weight is 337 g/mol. The smallest absolute Gasteiger partial charge is 0.277 e. The third-order valence-electron chi connectivity index (χ3n) is 2.83. The second-order valence-electron chi connectivity index (χ2n) is 4.51. The van der Waals surface area contributed by atoms with Crippen LogP contribution in [0.15, 0.2) is 47.6 Å². The van der Waals surface area contributed by atoms with Gasteiger partial charge in [-0.2, -0.15) is 5.10 Å². The highest BCUT2D eigenvalue weighted by atomic mass is 35.5. The van der Waals surface area contributed by atoms with Crippen molar-refractivity contribution in [3.05, 3.63) is 63.6 Å². The maximum Gasteiger partial charge on any atom is 0.277 e. The lowest BCUT2D eigenvalue weighted by atomic mass is 10.1. The number of halogens is 2. The van der Waals surface area contributed by atoms with Crippen LogP contribution in [0.2, 0.25) is 10.0 Å². The molecule has 0 aliphatic carbocycles. The Bertz CT molecular complexity index is 702. The standard InChI is InChI=1S/C16H14Cl2N2O2/c1-11-4-2-3-5-12(11)9-19-20-16(21)10-22-15-7-6-13(17)8-14(15)18/h2-9H,10H2,1H3,(H,20,21). The zero-order valence-corrected chi connectivity index (χ0v) is 13.4. The summed E-state index contributed by atoms with van der Waals surface area (Å²) in [4.78, 5) is 11.7. The molecule has 0 saturated heterocycles. The van der Waals surface area contributed by atoms with Gasteiger partial charge in [0.15, 0.2) is 6.61 Å². The van der Waals surface area contributed by atoms with Gasteiger partial charge in [0.1, 0.15) is 5.75 Å². The third-order valence-corrected chi connectivity index (χ3v) is 3.36. The van der Waals surface area contributed by atoms with E-state index in [4.69, 9.17) is 27.9 Å². The van der Waals surface area contributed by atoms with Crippen molar-refractivity contribution in [2.45, 2.75) is 6.92 Å². The molecule has 22 heavy (non-hydrogen) atoms. The summed E-state index contributed by atoms with van der Waals surface area (Å²) < 4.78 is 5.30. The molecule has 0 unspecified atom stereocenters. The van der Waals surface area contributed by atoms with Crippen LogP contribution in [0.3, 0.4) is 0 Å². The molecule has 0 atom stereocenters. The van der Waals surface area contributed by atoms with Gasteiger partial charge in [0, 0.05) is 5.02 Å². The van der Waals surface area contributed by atoms with Crippen LogP contribution in [-0.2, 0) is 4.79 Å². The fraction of sp³-hybridized carbons (Fsp3) is 0.125. The van der Waals surface area contributed by atoms with Gasteiger partial charge in [-0.15, -0.1) is 0 Å². The largest absolute Gasteiger partial charge is 0.482 e. The second kappa shape index (κ2) is 7.82. The molecule has 0 bridgehead atoms. The minimum atomic E-state index is -0.379. The van der Waals surface area contributed by atoms with Crippen molar-refractivity contribution in [2.24, 2.45) is 5.10 Å². The highest BCUT2D eigenvalue weighted by molar-refractivity contribution is 6.35. The summed E-state index contributed by atoms with van der Waals surface area (Å²) in [5.41, 5.74) is 4.40. The summed E-state index contributed by atoms with van der Waals surface area (Å²) in [6.45, 7) is 1.78. The maximum atomic E-state index is 11.7. The van der Waals surface area contributed by atoms with E-state index < -0.39 is 0 Å². The minimum absolute atomic E-state index is 0.188. The summed E-state index contributed by atoms with van der Waals surface area (Å²) in [6, 6.07) is 12.5. The van der Waals surface area contributed by atoms with Crippen molar-refractivity contribution in [1.29, 1.82) is 0 Å². The molecule has 0 aromatic heterocycles. The molecule has 0 heterocycles. The van der Waals surface area contributed by atoms with Crippen molar-refractivity contribution in [2.75, 3.05) is 6.61 Å². The van der Waals surface area contributed by atoms with Crippen molar-refractivity contribution in [1.82, 2.24) is 5.43 Å². The van der Waals surface area contributed by atoms with Gasteiger partial charge in [0.05, 0.1) is 11.2 Å². The zero-order valence-electron chi connectivity index (χ0n) is 11.8. The predicted molar refractivity (Wildman–Crippen MR) is 88.9 cm³/mol. The van der Waals surface area contributed by atoms with Crippen molar-refractivity contribution in [3.8, 4) is 5.75 Å². The maximum absolute atomic E-state index is 11.7. The second-order valence-corrected chi connectivity index (χ2v) is 5.36. The van der Waals surface area contributed by atoms with Crippen LogP contribution < -0.4 is 10.2 Å². The first-order chi connectivity index (χ1) is 10.6. The molecular weight excluding hydrogens is 323 g/mol. The fourth-order valence-electron chi connectivity index (χ4n) is 1.67. The summed E-state index contributed by atoms with van der Waals surface area (Å²) in [5, 5.41) is 4.75. The Hall–Kier alpha value is -2.04. The first-order valence-electron chi connectivity index (χ1n) is 6.51. The number of rotatable bonds is 5. The quantitative estimate of drug-likeness (QED) is 0.666. The molecule has 2 aromatic carbocycles. The van der Waals surface area contributed by atoms with E-state index >= 15 is 0 Å². The number of amides is 1. The lowest BCUT2D eigenvalue weighted by Gasteiger charge is -2.07. The predicted octanol–water partition coefficient (Wildman–Crippen LogP) is 3.83. The molecular formula is C16H14Cl2N2O2. The SMILES string of the molecule is Cc1ccccc1C=NNC(=O)COc1ccc(Cl)cc1Cl. The molecule has 0 saturated carbocycles. The Morgan fingerprint density at radius 3 is 2.77 bits per heavy atom. The van der Waals surface area contributed by atoms with E-state index in [0.717, 1.165) is 11.1 Å². The molecule has 1 N–H and O–H groups in total. The minimum Gasteiger partial charge on any atom is -0.482 e. The van der Waals surface area contributed by atoms with Gasteiger partial charge in [0.2, 0.25) is 0 Å². The molecule has 4 nitrogen and oxygen atoms in total. The number of ether oxygens (including phenoxy) is 1. The van der Waals surface area contributed by atoms with Crippen LogP contribution >= 0.6 is 23.2 Å². The topological polar surface area (TPSA) is 50.7 Å². The van der Waals surface area contributed by atoms with Crippen LogP contribution in [0.4, 0.5) is 0 Å². The average Bonchev–Trinajstić information content (AvgIpc) is 2.48. The summed E-state index contributed by atoms with van der Waals surface area (Å²) >= 11 is 11.7. The number of benzene rings is 2. The third kappa shape index (κ3) is 4.76. The van der Waals surface area contributed by atoms with Crippen molar-refractivity contribution < 1.29 is 9.53 Å². The first-order valence-corrected chi connectivity index (χ1v) is 7.27. The molecule has 1 amide bonds. The number of hydrogen-bond donors (Lipinski definition) is 1. The molecule has 2 aromatic rings. The van der Waals surface area contributed by atoms with Gasteiger partial charge in [-0.25, -0.2) is 5.43 Å². The monoisotopic (exact) mass is 336 g/mol. The lowest BCUT2D eigenvalue weighted by Crippen LogP contribution is -2.24. The Labute approximate surface area is 138 Å². The zero-order chi connectivity index (χ0) is 15.9. The van der Waals surface area contributed by atoms with E-state index in [1.807, 2.05) is 31.2 Å². The van der Waals surface area contributed by atoms with Gasteiger partial charge in [-0.05, 0) is 36.2 Å². The van der Waals surface area contributed by atoms with Gasteiger partial charge in [-0.3, -0.25) is 4.79 Å². The van der Waals surface area contributed by atoms with E-state index in [1.54, 1.807) is 24.4 Å². The van der Waals surface area contributed by atoms with Crippen LogP contribution in [0, 0.1) is 6.92 Å². The first kappa shape index (κ1) is 16.3. The van der Waals surface area contributed by atoms with Crippen LogP contribution in [0.1, 0.15) is 11.1 Å². The van der Waals surface area contributed by atoms with E-state index in [-0.39, 0.29) is 12.5 Å². The number of aryl methyl sites for hydroxylation is 1. The van der Waals surface area contributed by atoms with E-state index in [9.17, 15) is 4.79 Å². The Kier molecular flexibility index (Phi) is 5.81. The molecule has 0 aliphatic rings. The molecule has 0 fully saturated rings.